The maximum atomic E-state index is 3.95. The van der Waals surface area contributed by atoms with Crippen LogP contribution in [0.1, 0.15) is 37.9 Å². The highest BCUT2D eigenvalue weighted by atomic mass is 15.5. The van der Waals surface area contributed by atoms with Crippen molar-refractivity contribution < 1.29 is 0 Å². The van der Waals surface area contributed by atoms with Gasteiger partial charge in [-0.25, -0.2) is 0 Å². The molecule has 5 heteroatoms. The number of hydrogen-bond donors (Lipinski definition) is 1. The summed E-state index contributed by atoms with van der Waals surface area (Å²) in [7, 11) is 2.22. The Balaban J connectivity index is 1.49. The summed E-state index contributed by atoms with van der Waals surface area (Å²) in [5.74, 6) is 1.79. The van der Waals surface area contributed by atoms with Crippen LogP contribution in [0.4, 0.5) is 0 Å². The van der Waals surface area contributed by atoms with Gasteiger partial charge in [-0.1, -0.05) is 18.1 Å². The number of likely N-dealkylation sites (tertiary alicyclic amines) is 1. The second-order valence-electron chi connectivity index (χ2n) is 4.84. The summed E-state index contributed by atoms with van der Waals surface area (Å²) >= 11 is 0. The molecule has 0 saturated carbocycles. The number of nitrogens with one attached hydrogen (secondary N) is 1. The summed E-state index contributed by atoms with van der Waals surface area (Å²) in [5.41, 5.74) is 0. The summed E-state index contributed by atoms with van der Waals surface area (Å²) in [5, 5.41) is 13.9. The molecule has 0 bridgehead atoms. The minimum absolute atomic E-state index is 0.848. The molecule has 0 spiro atoms. The van der Waals surface area contributed by atoms with Crippen molar-refractivity contribution in [2.45, 2.75) is 38.5 Å². The topological polar surface area (TPSA) is 57.7 Å². The number of unbranched alkanes of at least 4 members (excludes halogenated alkanes) is 2. The molecule has 0 amide bonds. The molecule has 1 N–H and O–H groups in total. The Morgan fingerprint density at radius 2 is 2.31 bits per heavy atom. The van der Waals surface area contributed by atoms with E-state index in [1.165, 1.54) is 45.2 Å². The Hall–Kier alpha value is -0.970. The Kier molecular flexibility index (Phi) is 4.27. The molecule has 0 radical (unpaired) electrons. The van der Waals surface area contributed by atoms with E-state index in [-0.39, 0.29) is 0 Å². The molecule has 90 valence electrons. The number of hydrogen-bond acceptors (Lipinski definition) is 4. The van der Waals surface area contributed by atoms with Gasteiger partial charge in [0.15, 0.2) is 5.82 Å². The zero-order chi connectivity index (χ0) is 11.2. The number of nitrogens with zero attached hydrogens (tertiary/aromatic N) is 4. The van der Waals surface area contributed by atoms with E-state index < -0.39 is 0 Å². The maximum absolute atomic E-state index is 3.95. The first kappa shape index (κ1) is 11.5. The van der Waals surface area contributed by atoms with Crippen LogP contribution in [0.2, 0.25) is 0 Å². The Bertz CT molecular complexity index is 285. The van der Waals surface area contributed by atoms with E-state index >= 15 is 0 Å². The lowest BCUT2D eigenvalue weighted by molar-refractivity contribution is 0.382. The second kappa shape index (κ2) is 5.94. The lowest BCUT2D eigenvalue weighted by Crippen LogP contribution is -2.13. The van der Waals surface area contributed by atoms with Gasteiger partial charge in [-0.3, -0.25) is 0 Å². The van der Waals surface area contributed by atoms with E-state index in [0.29, 0.717) is 0 Å². The van der Waals surface area contributed by atoms with Crippen LogP contribution in [0.5, 0.6) is 0 Å². The molecule has 2 rings (SSSR count). The van der Waals surface area contributed by atoms with Gasteiger partial charge in [0.2, 0.25) is 0 Å². The molecule has 1 aliphatic rings. The number of aryl methyl sites for hydroxylation is 1. The molecule has 1 aliphatic heterocycles. The molecule has 16 heavy (non-hydrogen) atoms. The van der Waals surface area contributed by atoms with Gasteiger partial charge in [0.25, 0.3) is 0 Å². The minimum Gasteiger partial charge on any atom is -0.306 e. The SMILES string of the molecule is CN1CCC(CCCCCc2nn[nH]n2)C1. The monoisotopic (exact) mass is 223 g/mol. The predicted octanol–water partition coefficient (Wildman–Crippen LogP) is 1.25. The van der Waals surface area contributed by atoms with Crippen LogP contribution in [0, 0.1) is 5.92 Å². The van der Waals surface area contributed by atoms with Crippen LogP contribution >= 0.6 is 0 Å². The first-order chi connectivity index (χ1) is 7.84. The van der Waals surface area contributed by atoms with Crippen LogP contribution in [0.25, 0.3) is 0 Å². The molecule has 2 heterocycles. The Morgan fingerprint density at radius 1 is 1.38 bits per heavy atom. The van der Waals surface area contributed by atoms with Crippen LogP contribution in [-0.4, -0.2) is 45.7 Å². The van der Waals surface area contributed by atoms with E-state index in [2.05, 4.69) is 32.6 Å². The molecule has 1 atom stereocenters. The molecular formula is C11H21N5. The zero-order valence-electron chi connectivity index (χ0n) is 10.0. The molecule has 1 unspecified atom stereocenters. The van der Waals surface area contributed by atoms with Crippen molar-refractivity contribution in [3.05, 3.63) is 5.82 Å². The van der Waals surface area contributed by atoms with Crippen molar-refractivity contribution in [1.82, 2.24) is 25.5 Å². The lowest BCUT2D eigenvalue weighted by Gasteiger charge is -2.09. The first-order valence-corrected chi connectivity index (χ1v) is 6.25. The molecule has 1 aromatic heterocycles. The third kappa shape index (κ3) is 3.56. The molecule has 5 nitrogen and oxygen atoms in total. The minimum atomic E-state index is 0.848. The van der Waals surface area contributed by atoms with Crippen LogP contribution in [0.3, 0.4) is 0 Å². The van der Waals surface area contributed by atoms with Gasteiger partial charge in [0.05, 0.1) is 0 Å². The van der Waals surface area contributed by atoms with Gasteiger partial charge in [-0.2, -0.15) is 5.21 Å². The van der Waals surface area contributed by atoms with E-state index in [9.17, 15) is 0 Å². The molecular weight excluding hydrogens is 202 g/mol. The summed E-state index contributed by atoms with van der Waals surface area (Å²) in [6.45, 7) is 2.58. The van der Waals surface area contributed by atoms with Gasteiger partial charge < -0.3 is 4.90 Å². The van der Waals surface area contributed by atoms with Gasteiger partial charge in [-0.15, -0.1) is 10.2 Å². The third-order valence-corrected chi connectivity index (χ3v) is 3.39. The second-order valence-corrected chi connectivity index (χ2v) is 4.84. The summed E-state index contributed by atoms with van der Waals surface area (Å²) in [6.07, 6.45) is 7.55. The number of aromatic nitrogens is 4. The van der Waals surface area contributed by atoms with E-state index in [1.807, 2.05) is 0 Å². The highest BCUT2D eigenvalue weighted by Crippen LogP contribution is 2.20. The average Bonchev–Trinajstić information content (AvgIpc) is 2.89. The van der Waals surface area contributed by atoms with Crippen molar-refractivity contribution >= 4 is 0 Å². The normalized spacial score (nSPS) is 21.7. The fourth-order valence-corrected chi connectivity index (χ4v) is 2.44. The van der Waals surface area contributed by atoms with Crippen LogP contribution in [-0.2, 0) is 6.42 Å². The summed E-state index contributed by atoms with van der Waals surface area (Å²) < 4.78 is 0. The van der Waals surface area contributed by atoms with Gasteiger partial charge in [0, 0.05) is 13.0 Å². The van der Waals surface area contributed by atoms with Crippen LogP contribution in [0.15, 0.2) is 0 Å². The largest absolute Gasteiger partial charge is 0.306 e. The molecule has 1 saturated heterocycles. The van der Waals surface area contributed by atoms with Gasteiger partial charge in [-0.05, 0) is 38.8 Å². The van der Waals surface area contributed by atoms with Gasteiger partial charge in [0.1, 0.15) is 0 Å². The van der Waals surface area contributed by atoms with E-state index in [0.717, 1.165) is 18.2 Å². The lowest BCUT2D eigenvalue weighted by atomic mass is 10.00. The third-order valence-electron chi connectivity index (χ3n) is 3.39. The quantitative estimate of drug-likeness (QED) is 0.737. The Morgan fingerprint density at radius 3 is 3.00 bits per heavy atom. The average molecular weight is 223 g/mol. The molecule has 1 fully saturated rings. The number of tetrazole rings is 1. The fraction of sp³-hybridized carbons (Fsp3) is 0.909. The number of aromatic amines is 1. The fourth-order valence-electron chi connectivity index (χ4n) is 2.44. The molecule has 0 aliphatic carbocycles. The van der Waals surface area contributed by atoms with Crippen molar-refractivity contribution in [2.75, 3.05) is 20.1 Å². The van der Waals surface area contributed by atoms with E-state index in [4.69, 9.17) is 0 Å². The zero-order valence-corrected chi connectivity index (χ0v) is 10.0. The standard InChI is InChI=1S/C11H21N5/c1-16-8-7-10(9-16)5-3-2-4-6-11-12-14-15-13-11/h10H,2-9H2,1H3,(H,12,13,14,15). The molecule has 0 aromatic carbocycles. The van der Waals surface area contributed by atoms with Crippen molar-refractivity contribution in [3.8, 4) is 0 Å². The smallest absolute Gasteiger partial charge is 0.174 e. The maximum Gasteiger partial charge on any atom is 0.174 e. The number of rotatable bonds is 6. The van der Waals surface area contributed by atoms with Crippen molar-refractivity contribution in [3.63, 3.8) is 0 Å². The van der Waals surface area contributed by atoms with Gasteiger partial charge >= 0.3 is 0 Å². The number of H-pyrrole nitrogens is 1. The summed E-state index contributed by atoms with van der Waals surface area (Å²) in [4.78, 5) is 2.43. The first-order valence-electron chi connectivity index (χ1n) is 6.25. The van der Waals surface area contributed by atoms with E-state index in [1.54, 1.807) is 0 Å². The molecule has 1 aromatic rings. The van der Waals surface area contributed by atoms with Crippen molar-refractivity contribution in [1.29, 1.82) is 0 Å². The highest BCUT2D eigenvalue weighted by Gasteiger charge is 2.18. The van der Waals surface area contributed by atoms with Crippen molar-refractivity contribution in [2.24, 2.45) is 5.92 Å². The predicted molar refractivity (Wildman–Crippen MR) is 62.0 cm³/mol. The van der Waals surface area contributed by atoms with Crippen LogP contribution < -0.4 is 0 Å². The Labute approximate surface area is 96.6 Å². The summed E-state index contributed by atoms with van der Waals surface area (Å²) in [6, 6.07) is 0. The highest BCUT2D eigenvalue weighted by molar-refractivity contribution is 4.76.